The molecule has 50 valence electrons. The molecule has 2 heteroatoms. The Balaban J connectivity index is 0. The third-order valence-electron chi connectivity index (χ3n) is 1.41. The van der Waals surface area contributed by atoms with Crippen LogP contribution in [0.1, 0.15) is 26.7 Å². The Morgan fingerprint density at radius 3 is 1.62 bits per heavy atom. The second-order valence-corrected chi connectivity index (χ2v) is 1.87. The molecule has 2 radical (unpaired) electrons. The second kappa shape index (κ2) is 7.88. The van der Waals surface area contributed by atoms with E-state index in [1.54, 1.807) is 0 Å². The van der Waals surface area contributed by atoms with Crippen molar-refractivity contribution in [1.29, 1.82) is 0 Å². The van der Waals surface area contributed by atoms with Gasteiger partial charge in [-0.15, -0.1) is 0 Å². The van der Waals surface area contributed by atoms with Crippen LogP contribution in [0.15, 0.2) is 0 Å². The van der Waals surface area contributed by atoms with E-state index in [1.165, 1.54) is 0 Å². The molecule has 8 heavy (non-hydrogen) atoms. The zero-order valence-corrected chi connectivity index (χ0v) is 11.4. The van der Waals surface area contributed by atoms with E-state index >= 15 is 0 Å². The van der Waals surface area contributed by atoms with Gasteiger partial charge in [0, 0.05) is 6.61 Å². The van der Waals surface area contributed by atoms with Crippen molar-refractivity contribution >= 4 is 27.3 Å². The number of aliphatic hydroxyl groups excluding tert-OH is 1. The van der Waals surface area contributed by atoms with Gasteiger partial charge in [-0.25, -0.2) is 0 Å². The molecule has 0 aliphatic heterocycles. The SMILES string of the molecule is CCC(CC)CO.[PbH2]. The summed E-state index contributed by atoms with van der Waals surface area (Å²) in [5.41, 5.74) is 0. The number of rotatable bonds is 3. The van der Waals surface area contributed by atoms with Crippen LogP contribution in [0.2, 0.25) is 0 Å². The maximum atomic E-state index is 8.53. The van der Waals surface area contributed by atoms with Crippen LogP contribution < -0.4 is 0 Å². The standard InChI is InChI=1S/C6H14O.Pb.2H/c1-3-6(4-2)5-7;;;/h6-7H,3-5H2,1-2H3;;;. The van der Waals surface area contributed by atoms with Gasteiger partial charge < -0.3 is 5.11 Å². The van der Waals surface area contributed by atoms with Crippen LogP contribution in [-0.2, 0) is 0 Å². The summed E-state index contributed by atoms with van der Waals surface area (Å²) in [6.07, 6.45) is 2.21. The molecule has 1 nitrogen and oxygen atoms in total. The van der Waals surface area contributed by atoms with Crippen LogP contribution in [-0.4, -0.2) is 39.0 Å². The van der Waals surface area contributed by atoms with E-state index in [1.807, 2.05) is 0 Å². The van der Waals surface area contributed by atoms with Gasteiger partial charge in [-0.3, -0.25) is 0 Å². The summed E-state index contributed by atoms with van der Waals surface area (Å²) in [5.74, 6) is 0.542. The van der Waals surface area contributed by atoms with Gasteiger partial charge in [0.1, 0.15) is 0 Å². The van der Waals surface area contributed by atoms with Crippen LogP contribution in [0.5, 0.6) is 0 Å². The second-order valence-electron chi connectivity index (χ2n) is 1.87. The Kier molecular flexibility index (Phi) is 11.5. The predicted molar refractivity (Wildman–Crippen MR) is 39.7 cm³/mol. The Bertz CT molecular complexity index is 30.0. The molecular formula is C6H16OPb. The van der Waals surface area contributed by atoms with Gasteiger partial charge in [0.15, 0.2) is 0 Å². The van der Waals surface area contributed by atoms with Crippen molar-refractivity contribution in [3.8, 4) is 0 Å². The van der Waals surface area contributed by atoms with Crippen LogP contribution in [0.3, 0.4) is 0 Å². The van der Waals surface area contributed by atoms with E-state index in [2.05, 4.69) is 13.8 Å². The van der Waals surface area contributed by atoms with Crippen molar-refractivity contribution in [2.45, 2.75) is 26.7 Å². The van der Waals surface area contributed by atoms with Crippen molar-refractivity contribution in [1.82, 2.24) is 0 Å². The molecular weight excluding hydrogens is 295 g/mol. The van der Waals surface area contributed by atoms with E-state index in [0.29, 0.717) is 12.5 Å². The summed E-state index contributed by atoms with van der Waals surface area (Å²) >= 11 is 0. The molecule has 0 aliphatic carbocycles. The van der Waals surface area contributed by atoms with E-state index < -0.39 is 0 Å². The van der Waals surface area contributed by atoms with Gasteiger partial charge in [-0.1, -0.05) is 26.7 Å². The average molecular weight is 311 g/mol. The quantitative estimate of drug-likeness (QED) is 0.753. The molecule has 0 unspecified atom stereocenters. The molecule has 0 bridgehead atoms. The summed E-state index contributed by atoms with van der Waals surface area (Å²) in [6, 6.07) is 0. The third-order valence-corrected chi connectivity index (χ3v) is 1.41. The van der Waals surface area contributed by atoms with Gasteiger partial charge in [0.05, 0.1) is 0 Å². The Morgan fingerprint density at radius 2 is 1.62 bits per heavy atom. The normalized spacial score (nSPS) is 9.00. The molecule has 0 rings (SSSR count). The molecule has 0 aliphatic rings. The zero-order chi connectivity index (χ0) is 5.70. The zero-order valence-electron chi connectivity index (χ0n) is 5.85. The first-order valence-corrected chi connectivity index (χ1v) is 2.96. The van der Waals surface area contributed by atoms with Crippen LogP contribution in [0, 0.1) is 5.92 Å². The molecule has 0 saturated carbocycles. The Hall–Kier alpha value is 0.882. The summed E-state index contributed by atoms with van der Waals surface area (Å²) in [5, 5.41) is 8.53. The van der Waals surface area contributed by atoms with E-state index in [4.69, 9.17) is 5.11 Å². The molecule has 0 heterocycles. The summed E-state index contributed by atoms with van der Waals surface area (Å²) in [7, 11) is 0. The monoisotopic (exact) mass is 312 g/mol. The van der Waals surface area contributed by atoms with Crippen molar-refractivity contribution in [2.75, 3.05) is 6.61 Å². The van der Waals surface area contributed by atoms with E-state index in [9.17, 15) is 0 Å². The molecule has 1 N–H and O–H groups in total. The molecule has 0 fully saturated rings. The minimum absolute atomic E-state index is 0. The first-order valence-electron chi connectivity index (χ1n) is 2.96. The molecule has 0 amide bonds. The maximum absolute atomic E-state index is 8.53. The van der Waals surface area contributed by atoms with Gasteiger partial charge >= 0.3 is 27.3 Å². The first-order chi connectivity index (χ1) is 3.35. The topological polar surface area (TPSA) is 20.2 Å². The molecule has 0 atom stereocenters. The van der Waals surface area contributed by atoms with Crippen molar-refractivity contribution in [3.63, 3.8) is 0 Å². The number of hydrogen-bond donors (Lipinski definition) is 1. The van der Waals surface area contributed by atoms with Crippen LogP contribution in [0.4, 0.5) is 0 Å². The van der Waals surface area contributed by atoms with Crippen molar-refractivity contribution < 1.29 is 5.11 Å². The van der Waals surface area contributed by atoms with Crippen molar-refractivity contribution in [2.24, 2.45) is 5.92 Å². The molecule has 0 spiro atoms. The summed E-state index contributed by atoms with van der Waals surface area (Å²) in [4.78, 5) is 0. The summed E-state index contributed by atoms with van der Waals surface area (Å²) in [6.45, 7) is 4.56. The predicted octanol–water partition coefficient (Wildman–Crippen LogP) is 0.499. The van der Waals surface area contributed by atoms with Gasteiger partial charge in [-0.05, 0) is 5.92 Å². The molecule has 0 saturated heterocycles. The third kappa shape index (κ3) is 5.03. The van der Waals surface area contributed by atoms with Crippen LogP contribution >= 0.6 is 0 Å². The molecule has 0 aromatic heterocycles. The van der Waals surface area contributed by atoms with E-state index in [0.717, 1.165) is 12.8 Å². The van der Waals surface area contributed by atoms with Gasteiger partial charge in [0.25, 0.3) is 0 Å². The Labute approximate surface area is 71.6 Å². The van der Waals surface area contributed by atoms with E-state index in [-0.39, 0.29) is 27.3 Å². The van der Waals surface area contributed by atoms with Crippen molar-refractivity contribution in [3.05, 3.63) is 0 Å². The molecule has 0 aromatic carbocycles. The van der Waals surface area contributed by atoms with Gasteiger partial charge in [-0.2, -0.15) is 0 Å². The number of aliphatic hydroxyl groups is 1. The number of hydrogen-bond acceptors (Lipinski definition) is 1. The fourth-order valence-electron chi connectivity index (χ4n) is 0.547. The fraction of sp³-hybridized carbons (Fsp3) is 1.00. The fourth-order valence-corrected chi connectivity index (χ4v) is 0.547. The summed E-state index contributed by atoms with van der Waals surface area (Å²) < 4.78 is 0. The average Bonchev–Trinajstić information content (AvgIpc) is 1.72. The molecule has 0 aromatic rings. The minimum atomic E-state index is 0. The first kappa shape index (κ1) is 11.7. The van der Waals surface area contributed by atoms with Crippen LogP contribution in [0.25, 0.3) is 0 Å². The van der Waals surface area contributed by atoms with Gasteiger partial charge in [0.2, 0.25) is 0 Å². The Morgan fingerprint density at radius 1 is 1.25 bits per heavy atom.